The fourth-order valence-corrected chi connectivity index (χ4v) is 1.67. The van der Waals surface area contributed by atoms with Crippen LogP contribution in [0.4, 0.5) is 0 Å². The summed E-state index contributed by atoms with van der Waals surface area (Å²) in [6.45, 7) is 6.66. The molecule has 1 N–H and O–H groups in total. The monoisotopic (exact) mass is 167 g/mol. The third-order valence-corrected chi connectivity index (χ3v) is 2.53. The maximum Gasteiger partial charge on any atom is 0.0925 e. The molecule has 12 heavy (non-hydrogen) atoms. The Hall–Kier alpha value is -0.830. The van der Waals surface area contributed by atoms with Gasteiger partial charge in [0.25, 0.3) is 0 Å². The van der Waals surface area contributed by atoms with Crippen molar-refractivity contribution >= 4 is 0 Å². The topological polar surface area (TPSA) is 31.9 Å². The number of hydrogen-bond donors (Lipinski definition) is 1. The van der Waals surface area contributed by atoms with Crippen molar-refractivity contribution in [2.75, 3.05) is 6.54 Å². The Morgan fingerprint density at radius 2 is 2.50 bits per heavy atom. The maximum atomic E-state index is 4.27. The quantitative estimate of drug-likeness (QED) is 0.686. The second-order valence-electron chi connectivity index (χ2n) is 3.64. The number of H-pyrrole nitrogens is 1. The first-order chi connectivity index (χ1) is 5.77. The summed E-state index contributed by atoms with van der Waals surface area (Å²) < 4.78 is 0. The first kappa shape index (κ1) is 7.80. The standard InChI is InChI=1S/C9H15N3.H2/c1-7(2)12-4-3-8-9(5-12)11-6-10-8;/h6-7H,3-5H2,1-2H3,(H,10,11);1H. The lowest BCUT2D eigenvalue weighted by Crippen LogP contribution is -2.35. The summed E-state index contributed by atoms with van der Waals surface area (Å²) in [5.41, 5.74) is 2.56. The van der Waals surface area contributed by atoms with E-state index in [1.807, 2.05) is 0 Å². The van der Waals surface area contributed by atoms with Crippen molar-refractivity contribution in [2.45, 2.75) is 32.9 Å². The molecule has 1 aliphatic rings. The minimum atomic E-state index is 0. The van der Waals surface area contributed by atoms with Crippen LogP contribution in [0.1, 0.15) is 26.7 Å². The number of nitrogens with zero attached hydrogens (tertiary/aromatic N) is 2. The summed E-state index contributed by atoms with van der Waals surface area (Å²) in [7, 11) is 0. The average Bonchev–Trinajstić information content (AvgIpc) is 2.49. The van der Waals surface area contributed by atoms with Crippen LogP contribution in [0.3, 0.4) is 0 Å². The predicted molar refractivity (Wildman–Crippen MR) is 50.0 cm³/mol. The van der Waals surface area contributed by atoms with Gasteiger partial charge in [-0.25, -0.2) is 4.98 Å². The van der Waals surface area contributed by atoms with Gasteiger partial charge < -0.3 is 4.98 Å². The third-order valence-electron chi connectivity index (χ3n) is 2.53. The molecular formula is C9H17N3. The SMILES string of the molecule is CC(C)N1CCc2nc[nH]c2C1.[HH]. The van der Waals surface area contributed by atoms with Gasteiger partial charge >= 0.3 is 0 Å². The first-order valence-corrected chi connectivity index (χ1v) is 4.52. The molecule has 0 bridgehead atoms. The molecule has 68 valence electrons. The van der Waals surface area contributed by atoms with Gasteiger partial charge in [0.05, 0.1) is 17.7 Å². The summed E-state index contributed by atoms with van der Waals surface area (Å²) in [4.78, 5) is 9.92. The van der Waals surface area contributed by atoms with Gasteiger partial charge in [0.15, 0.2) is 0 Å². The highest BCUT2D eigenvalue weighted by Crippen LogP contribution is 2.16. The van der Waals surface area contributed by atoms with Crippen molar-refractivity contribution in [1.29, 1.82) is 0 Å². The van der Waals surface area contributed by atoms with E-state index in [-0.39, 0.29) is 1.43 Å². The van der Waals surface area contributed by atoms with E-state index in [0.29, 0.717) is 6.04 Å². The fourth-order valence-electron chi connectivity index (χ4n) is 1.67. The smallest absolute Gasteiger partial charge is 0.0925 e. The summed E-state index contributed by atoms with van der Waals surface area (Å²) in [5.74, 6) is 0. The Kier molecular flexibility index (Phi) is 1.89. The molecule has 0 saturated carbocycles. The number of imidazole rings is 1. The van der Waals surface area contributed by atoms with Gasteiger partial charge in [-0.05, 0) is 13.8 Å². The first-order valence-electron chi connectivity index (χ1n) is 4.52. The van der Waals surface area contributed by atoms with Crippen molar-refractivity contribution < 1.29 is 1.43 Å². The van der Waals surface area contributed by atoms with Crippen molar-refractivity contribution in [3.63, 3.8) is 0 Å². The van der Waals surface area contributed by atoms with Crippen molar-refractivity contribution in [3.05, 3.63) is 17.7 Å². The van der Waals surface area contributed by atoms with Gasteiger partial charge in [0.2, 0.25) is 0 Å². The highest BCUT2D eigenvalue weighted by Gasteiger charge is 2.19. The normalized spacial score (nSPS) is 18.2. The second kappa shape index (κ2) is 2.90. The lowest BCUT2D eigenvalue weighted by atomic mass is 10.1. The molecule has 0 fully saturated rings. The van der Waals surface area contributed by atoms with Crippen LogP contribution in [-0.2, 0) is 13.0 Å². The highest BCUT2D eigenvalue weighted by molar-refractivity contribution is 5.14. The van der Waals surface area contributed by atoms with E-state index in [1.165, 1.54) is 11.4 Å². The Bertz CT molecular complexity index is 270. The molecule has 0 amide bonds. The van der Waals surface area contributed by atoms with Crippen LogP contribution < -0.4 is 0 Å². The Morgan fingerprint density at radius 1 is 1.67 bits per heavy atom. The minimum Gasteiger partial charge on any atom is -0.347 e. The van der Waals surface area contributed by atoms with Crippen LogP contribution in [0.15, 0.2) is 6.33 Å². The van der Waals surface area contributed by atoms with E-state index in [0.717, 1.165) is 19.5 Å². The van der Waals surface area contributed by atoms with Crippen LogP contribution in [0.5, 0.6) is 0 Å². The molecule has 0 aliphatic carbocycles. The molecule has 0 aromatic carbocycles. The number of aromatic nitrogens is 2. The molecule has 2 heterocycles. The summed E-state index contributed by atoms with van der Waals surface area (Å²) in [6.07, 6.45) is 2.89. The number of rotatable bonds is 1. The van der Waals surface area contributed by atoms with Crippen molar-refractivity contribution in [1.82, 2.24) is 14.9 Å². The van der Waals surface area contributed by atoms with Crippen LogP contribution in [0, 0.1) is 0 Å². The number of hydrogen-bond acceptors (Lipinski definition) is 2. The summed E-state index contributed by atoms with van der Waals surface area (Å²) in [6, 6.07) is 0.640. The van der Waals surface area contributed by atoms with Gasteiger partial charge in [-0.2, -0.15) is 0 Å². The summed E-state index contributed by atoms with van der Waals surface area (Å²) >= 11 is 0. The zero-order chi connectivity index (χ0) is 8.55. The van der Waals surface area contributed by atoms with E-state index in [4.69, 9.17) is 0 Å². The van der Waals surface area contributed by atoms with Gasteiger partial charge in [-0.3, -0.25) is 4.90 Å². The molecule has 0 spiro atoms. The molecule has 2 rings (SSSR count). The van der Waals surface area contributed by atoms with Gasteiger partial charge in [0.1, 0.15) is 0 Å². The molecule has 0 radical (unpaired) electrons. The van der Waals surface area contributed by atoms with Crippen LogP contribution in [0.2, 0.25) is 0 Å². The van der Waals surface area contributed by atoms with E-state index in [2.05, 4.69) is 28.7 Å². The molecule has 3 heteroatoms. The van der Waals surface area contributed by atoms with E-state index < -0.39 is 0 Å². The molecule has 3 nitrogen and oxygen atoms in total. The predicted octanol–water partition coefficient (Wildman–Crippen LogP) is 1.42. The molecule has 1 aromatic heterocycles. The van der Waals surface area contributed by atoms with Gasteiger partial charge in [0, 0.05) is 27.0 Å². The largest absolute Gasteiger partial charge is 0.347 e. The fraction of sp³-hybridized carbons (Fsp3) is 0.667. The number of fused-ring (bicyclic) bond motifs is 1. The molecular weight excluding hydrogens is 150 g/mol. The third kappa shape index (κ3) is 1.25. The molecule has 0 unspecified atom stereocenters. The van der Waals surface area contributed by atoms with E-state index in [1.54, 1.807) is 6.33 Å². The van der Waals surface area contributed by atoms with Crippen molar-refractivity contribution in [2.24, 2.45) is 0 Å². The zero-order valence-corrected chi connectivity index (χ0v) is 7.67. The lowest BCUT2D eigenvalue weighted by Gasteiger charge is -2.29. The molecule has 1 aliphatic heterocycles. The lowest BCUT2D eigenvalue weighted by molar-refractivity contribution is 0.200. The maximum absolute atomic E-state index is 4.27. The molecule has 1 aromatic rings. The van der Waals surface area contributed by atoms with Crippen LogP contribution in [-0.4, -0.2) is 27.5 Å². The number of aromatic amines is 1. The molecule has 0 atom stereocenters. The Labute approximate surface area is 74.3 Å². The van der Waals surface area contributed by atoms with Crippen LogP contribution in [0.25, 0.3) is 0 Å². The van der Waals surface area contributed by atoms with E-state index in [9.17, 15) is 0 Å². The minimum absolute atomic E-state index is 0. The Balaban J connectivity index is 0.000000845. The average molecular weight is 167 g/mol. The van der Waals surface area contributed by atoms with Crippen molar-refractivity contribution in [3.8, 4) is 0 Å². The second-order valence-corrected chi connectivity index (χ2v) is 3.64. The van der Waals surface area contributed by atoms with Gasteiger partial charge in [-0.1, -0.05) is 0 Å². The zero-order valence-electron chi connectivity index (χ0n) is 7.67. The van der Waals surface area contributed by atoms with Crippen LogP contribution >= 0.6 is 0 Å². The Morgan fingerprint density at radius 3 is 3.25 bits per heavy atom. The highest BCUT2D eigenvalue weighted by atomic mass is 15.2. The molecule has 0 saturated heterocycles. The summed E-state index contributed by atoms with van der Waals surface area (Å²) in [5, 5.41) is 0. The van der Waals surface area contributed by atoms with E-state index >= 15 is 0 Å². The number of nitrogens with one attached hydrogen (secondary N) is 1. The van der Waals surface area contributed by atoms with Gasteiger partial charge in [-0.15, -0.1) is 0 Å².